The number of piperidine rings is 1. The van der Waals surface area contributed by atoms with E-state index >= 15 is 0 Å². The summed E-state index contributed by atoms with van der Waals surface area (Å²) < 4.78 is 32.7. The number of hydrogen-bond donors (Lipinski definition) is 2. The minimum Gasteiger partial charge on any atom is -0.495 e. The third kappa shape index (κ3) is 5.93. The lowest BCUT2D eigenvalue weighted by Gasteiger charge is -2.39. The number of benzene rings is 1. The van der Waals surface area contributed by atoms with Crippen molar-refractivity contribution in [3.63, 3.8) is 0 Å². The lowest BCUT2D eigenvalue weighted by Crippen LogP contribution is -2.38. The first kappa shape index (κ1) is 27.0. The number of rotatable bonds is 7. The summed E-state index contributed by atoms with van der Waals surface area (Å²) in [6, 6.07) is 10.2. The molecular weight excluding hydrogens is 532 g/mol. The molecule has 9 heteroatoms. The fourth-order valence-corrected chi connectivity index (χ4v) is 6.69. The maximum Gasteiger partial charge on any atom is 0.138 e. The summed E-state index contributed by atoms with van der Waals surface area (Å²) in [5.41, 5.74) is 3.35. The number of pyridine rings is 2. The molecule has 4 aromatic rings. The second kappa shape index (κ2) is 11.7. The number of H-pyrrole nitrogens is 1. The summed E-state index contributed by atoms with van der Waals surface area (Å²) in [5.74, 6) is 1.95. The highest BCUT2D eigenvalue weighted by Gasteiger charge is 2.30. The Kier molecular flexibility index (Phi) is 7.89. The fraction of sp³-hybridized carbons (Fsp3) is 0.419. The molecule has 4 heterocycles. The van der Waals surface area contributed by atoms with Crippen molar-refractivity contribution in [2.24, 2.45) is 11.8 Å². The lowest BCUT2D eigenvalue weighted by molar-refractivity contribution is 0.119. The number of nitrogens with one attached hydrogen (secondary N) is 2. The fourth-order valence-electron chi connectivity index (χ4n) is 6.48. The third-order valence-electron chi connectivity index (χ3n) is 8.68. The second-order valence-electron chi connectivity index (χ2n) is 11.1. The molecule has 0 amide bonds. The van der Waals surface area contributed by atoms with Crippen molar-refractivity contribution in [2.45, 2.75) is 51.1 Å². The van der Waals surface area contributed by atoms with E-state index in [9.17, 15) is 8.78 Å². The van der Waals surface area contributed by atoms with Crippen LogP contribution in [-0.2, 0) is 6.54 Å². The molecule has 40 heavy (non-hydrogen) atoms. The predicted molar refractivity (Wildman–Crippen MR) is 155 cm³/mol. The van der Waals surface area contributed by atoms with E-state index in [1.807, 2.05) is 18.3 Å². The first-order valence-corrected chi connectivity index (χ1v) is 14.4. The van der Waals surface area contributed by atoms with Gasteiger partial charge in [-0.05, 0) is 93.3 Å². The van der Waals surface area contributed by atoms with Gasteiger partial charge >= 0.3 is 0 Å². The molecule has 2 aliphatic rings. The third-order valence-corrected chi connectivity index (χ3v) is 8.87. The van der Waals surface area contributed by atoms with Gasteiger partial charge in [0.15, 0.2) is 0 Å². The van der Waals surface area contributed by atoms with Crippen LogP contribution in [0.3, 0.4) is 0 Å². The molecule has 0 radical (unpaired) electrons. The maximum atomic E-state index is 14.1. The molecule has 0 atom stereocenters. The minimum absolute atomic E-state index is 0.362. The van der Waals surface area contributed by atoms with Gasteiger partial charge in [-0.3, -0.25) is 4.90 Å². The summed E-state index contributed by atoms with van der Waals surface area (Å²) in [4.78, 5) is 14.5. The van der Waals surface area contributed by atoms with Gasteiger partial charge in [-0.25, -0.2) is 18.7 Å². The summed E-state index contributed by atoms with van der Waals surface area (Å²) in [6.45, 7) is 2.47. The highest BCUT2D eigenvalue weighted by Crippen LogP contribution is 2.38. The van der Waals surface area contributed by atoms with Crippen molar-refractivity contribution in [1.82, 2.24) is 19.9 Å². The zero-order valence-corrected chi connectivity index (χ0v) is 23.4. The van der Waals surface area contributed by atoms with Crippen LogP contribution in [0.25, 0.3) is 22.2 Å². The zero-order valence-electron chi connectivity index (χ0n) is 22.6. The van der Waals surface area contributed by atoms with E-state index < -0.39 is 11.6 Å². The van der Waals surface area contributed by atoms with Gasteiger partial charge in [0.2, 0.25) is 0 Å². The van der Waals surface area contributed by atoms with Crippen LogP contribution in [0.5, 0.6) is 5.75 Å². The normalized spacial score (nSPS) is 20.6. The molecule has 1 saturated carbocycles. The Labute approximate surface area is 238 Å². The Morgan fingerprint density at radius 2 is 1.80 bits per heavy atom. The summed E-state index contributed by atoms with van der Waals surface area (Å²) >= 11 is 6.45. The van der Waals surface area contributed by atoms with Gasteiger partial charge in [-0.1, -0.05) is 17.7 Å². The molecule has 210 valence electrons. The van der Waals surface area contributed by atoms with E-state index in [4.69, 9.17) is 16.3 Å². The summed E-state index contributed by atoms with van der Waals surface area (Å²) in [5, 5.41) is 5.07. The topological polar surface area (TPSA) is 66.1 Å². The number of aromatic amines is 1. The van der Waals surface area contributed by atoms with Crippen molar-refractivity contribution in [2.75, 3.05) is 25.5 Å². The van der Waals surface area contributed by atoms with Gasteiger partial charge in [0.25, 0.3) is 0 Å². The number of likely N-dealkylation sites (tertiary alicyclic amines) is 1. The van der Waals surface area contributed by atoms with E-state index in [-0.39, 0.29) is 0 Å². The monoisotopic (exact) mass is 565 g/mol. The number of nitrogens with zero attached hydrogens (tertiary/aromatic N) is 3. The number of methoxy groups -OCH3 is 1. The Morgan fingerprint density at radius 1 is 1.02 bits per heavy atom. The van der Waals surface area contributed by atoms with Crippen LogP contribution >= 0.6 is 11.6 Å². The molecule has 6 rings (SSSR count). The molecule has 2 fully saturated rings. The van der Waals surface area contributed by atoms with E-state index in [0.717, 1.165) is 78.7 Å². The number of aromatic nitrogens is 3. The quantitative estimate of drug-likeness (QED) is 0.228. The van der Waals surface area contributed by atoms with Crippen LogP contribution in [0.2, 0.25) is 5.15 Å². The van der Waals surface area contributed by atoms with Crippen LogP contribution in [0.15, 0.2) is 48.8 Å². The van der Waals surface area contributed by atoms with E-state index in [0.29, 0.717) is 35.0 Å². The van der Waals surface area contributed by atoms with Crippen LogP contribution in [-0.4, -0.2) is 46.1 Å². The molecule has 1 aromatic carbocycles. The first-order valence-electron chi connectivity index (χ1n) is 14.1. The second-order valence-corrected chi connectivity index (χ2v) is 11.5. The molecule has 1 saturated heterocycles. The minimum atomic E-state index is -0.524. The van der Waals surface area contributed by atoms with Crippen LogP contribution < -0.4 is 10.1 Å². The van der Waals surface area contributed by atoms with E-state index in [1.54, 1.807) is 19.4 Å². The molecule has 0 bridgehead atoms. The Morgan fingerprint density at radius 3 is 2.55 bits per heavy atom. The number of hydrogen-bond acceptors (Lipinski definition) is 5. The number of halogens is 3. The molecule has 0 unspecified atom stereocenters. The molecule has 1 aliphatic heterocycles. The van der Waals surface area contributed by atoms with Crippen molar-refractivity contribution in [1.29, 1.82) is 0 Å². The van der Waals surface area contributed by atoms with Gasteiger partial charge in [0.1, 0.15) is 34.0 Å². The van der Waals surface area contributed by atoms with Crippen LogP contribution in [0.1, 0.15) is 44.1 Å². The van der Waals surface area contributed by atoms with Crippen molar-refractivity contribution in [3.05, 3.63) is 71.1 Å². The highest BCUT2D eigenvalue weighted by molar-refractivity contribution is 6.29. The van der Waals surface area contributed by atoms with Gasteiger partial charge in [-0.2, -0.15) is 0 Å². The average molecular weight is 566 g/mol. The zero-order chi connectivity index (χ0) is 27.6. The first-order chi connectivity index (χ1) is 19.4. The molecule has 1 aliphatic carbocycles. The lowest BCUT2D eigenvalue weighted by atomic mass is 9.74. The van der Waals surface area contributed by atoms with Crippen molar-refractivity contribution < 1.29 is 13.5 Å². The SMILES string of the molecule is COc1cnc2[nH]cc(-c3cc(Cl)nc(NC4CCC(C5CCN(Cc6ccc(F)cc6F)CC5)CC4)c3)c2c1. The van der Waals surface area contributed by atoms with Gasteiger partial charge in [0.05, 0.1) is 13.3 Å². The molecule has 2 N–H and O–H groups in total. The standard InChI is InChI=1S/C31H34ClF2N5O/c1-40-25-15-26-27(17-36-31(26)35-16-25)22-12-29(32)38-30(13-22)37-24-6-3-19(4-7-24)20-8-10-39(11-9-20)18-21-2-5-23(33)14-28(21)34/h2,5,12-17,19-20,24H,3-4,6-11,18H2,1H3,(H,35,36)(H,37,38). The highest BCUT2D eigenvalue weighted by atomic mass is 35.5. The maximum absolute atomic E-state index is 14.1. The molecular formula is C31H34ClF2N5O. The summed E-state index contributed by atoms with van der Waals surface area (Å²) in [6.07, 6.45) is 10.5. The van der Waals surface area contributed by atoms with E-state index in [2.05, 4.69) is 31.2 Å². The Bertz CT molecular complexity index is 1480. The summed E-state index contributed by atoms with van der Waals surface area (Å²) in [7, 11) is 1.64. The van der Waals surface area contributed by atoms with E-state index in [1.165, 1.54) is 18.9 Å². The van der Waals surface area contributed by atoms with Gasteiger partial charge in [0, 0.05) is 41.4 Å². The van der Waals surface area contributed by atoms with Crippen molar-refractivity contribution >= 4 is 28.5 Å². The largest absolute Gasteiger partial charge is 0.495 e. The van der Waals surface area contributed by atoms with Crippen molar-refractivity contribution in [3.8, 4) is 16.9 Å². The number of fused-ring (bicyclic) bond motifs is 1. The predicted octanol–water partition coefficient (Wildman–Crippen LogP) is 7.45. The average Bonchev–Trinajstić information content (AvgIpc) is 3.38. The van der Waals surface area contributed by atoms with Gasteiger partial charge in [-0.15, -0.1) is 0 Å². The smallest absolute Gasteiger partial charge is 0.138 e. The Balaban J connectivity index is 1.03. The molecule has 0 spiro atoms. The molecule has 6 nitrogen and oxygen atoms in total. The van der Waals surface area contributed by atoms with Gasteiger partial charge < -0.3 is 15.0 Å². The van der Waals surface area contributed by atoms with Crippen LogP contribution in [0.4, 0.5) is 14.6 Å². The number of anilines is 1. The number of ether oxygens (including phenoxy) is 1. The molecule has 3 aromatic heterocycles. The van der Waals surface area contributed by atoms with Crippen LogP contribution in [0, 0.1) is 23.5 Å². The Hall–Kier alpha value is -3.23.